The molecule has 1 atom stereocenters. The van der Waals surface area contributed by atoms with Crippen LogP contribution in [-0.4, -0.2) is 15.0 Å². The zero-order chi connectivity index (χ0) is 14.2. The Kier molecular flexibility index (Phi) is 3.09. The van der Waals surface area contributed by atoms with Gasteiger partial charge in [-0.05, 0) is 36.8 Å². The number of nitrogens with two attached hydrogens (primary N) is 1. The van der Waals surface area contributed by atoms with Crippen LogP contribution in [0.25, 0.3) is 0 Å². The molecular weight excluding hydrogens is 260 g/mol. The molecule has 21 heavy (non-hydrogen) atoms. The fraction of sp³-hybridized carbons (Fsp3) is 0.471. The second-order valence-electron chi connectivity index (χ2n) is 6.18. The Morgan fingerprint density at radius 3 is 2.52 bits per heavy atom. The third-order valence-corrected chi connectivity index (χ3v) is 4.85. The molecule has 1 unspecified atom stereocenters. The lowest BCUT2D eigenvalue weighted by Gasteiger charge is -2.14. The smallest absolute Gasteiger partial charge is 0.223 e. The normalized spacial score (nSPS) is 21.6. The number of aryl methyl sites for hydroxylation is 1. The second-order valence-corrected chi connectivity index (χ2v) is 6.18. The minimum Gasteiger partial charge on any atom is -0.368 e. The topological polar surface area (TPSA) is 64.7 Å². The van der Waals surface area contributed by atoms with Crippen LogP contribution in [0.4, 0.5) is 5.95 Å². The van der Waals surface area contributed by atoms with Gasteiger partial charge in [0.25, 0.3) is 0 Å². The van der Waals surface area contributed by atoms with E-state index in [0.717, 1.165) is 24.5 Å². The number of benzene rings is 1. The maximum Gasteiger partial charge on any atom is 0.223 e. The largest absolute Gasteiger partial charge is 0.368 e. The zero-order valence-electron chi connectivity index (χ0n) is 12.1. The van der Waals surface area contributed by atoms with E-state index < -0.39 is 0 Å². The van der Waals surface area contributed by atoms with E-state index in [1.807, 2.05) is 0 Å². The van der Waals surface area contributed by atoms with Gasteiger partial charge in [-0.15, -0.1) is 0 Å². The van der Waals surface area contributed by atoms with Crippen molar-refractivity contribution in [3.05, 3.63) is 47.0 Å². The van der Waals surface area contributed by atoms with E-state index in [-0.39, 0.29) is 5.92 Å². The van der Waals surface area contributed by atoms with Crippen LogP contribution in [0.15, 0.2) is 24.3 Å². The Bertz CT molecular complexity index is 662. The highest BCUT2D eigenvalue weighted by molar-refractivity contribution is 5.39. The summed E-state index contributed by atoms with van der Waals surface area (Å²) in [5.74, 6) is 2.93. The average molecular weight is 280 g/mol. The molecule has 4 rings (SSSR count). The molecule has 0 bridgehead atoms. The van der Waals surface area contributed by atoms with Crippen LogP contribution in [-0.2, 0) is 6.42 Å². The fourth-order valence-electron chi connectivity index (χ4n) is 3.77. The van der Waals surface area contributed by atoms with Crippen molar-refractivity contribution in [3.63, 3.8) is 0 Å². The highest BCUT2D eigenvalue weighted by Crippen LogP contribution is 2.38. The van der Waals surface area contributed by atoms with Gasteiger partial charge < -0.3 is 5.73 Å². The van der Waals surface area contributed by atoms with Gasteiger partial charge in [0.2, 0.25) is 5.95 Å². The highest BCUT2D eigenvalue weighted by atomic mass is 15.1. The number of hydrogen-bond donors (Lipinski definition) is 1. The molecule has 0 amide bonds. The van der Waals surface area contributed by atoms with Crippen LogP contribution in [0.1, 0.15) is 66.7 Å². The molecule has 1 aromatic heterocycles. The van der Waals surface area contributed by atoms with Crippen LogP contribution in [0, 0.1) is 0 Å². The number of hydrogen-bond acceptors (Lipinski definition) is 4. The minimum absolute atomic E-state index is 0.284. The van der Waals surface area contributed by atoms with E-state index in [9.17, 15) is 0 Å². The van der Waals surface area contributed by atoms with Crippen molar-refractivity contribution in [3.8, 4) is 0 Å². The van der Waals surface area contributed by atoms with E-state index in [4.69, 9.17) is 10.7 Å². The van der Waals surface area contributed by atoms with Crippen molar-refractivity contribution in [1.82, 2.24) is 15.0 Å². The Hall–Kier alpha value is -1.97. The first kappa shape index (κ1) is 12.7. The Labute approximate surface area is 124 Å². The van der Waals surface area contributed by atoms with Gasteiger partial charge in [-0.1, -0.05) is 37.1 Å². The summed E-state index contributed by atoms with van der Waals surface area (Å²) in [6.45, 7) is 0. The quantitative estimate of drug-likeness (QED) is 0.917. The molecule has 0 saturated heterocycles. The predicted molar refractivity (Wildman–Crippen MR) is 82.1 cm³/mol. The average Bonchev–Trinajstić information content (AvgIpc) is 3.16. The number of nitrogen functional groups attached to an aromatic ring is 1. The molecular formula is C17H20N4. The summed E-state index contributed by atoms with van der Waals surface area (Å²) in [7, 11) is 0. The summed E-state index contributed by atoms with van der Waals surface area (Å²) in [5, 5.41) is 0. The summed E-state index contributed by atoms with van der Waals surface area (Å²) in [6.07, 6.45) is 7.10. The van der Waals surface area contributed by atoms with Crippen molar-refractivity contribution in [2.45, 2.75) is 50.4 Å². The number of fused-ring (bicyclic) bond motifs is 1. The molecule has 2 aromatic rings. The SMILES string of the molecule is Nc1nc(C2CCCC2)nc(C2CCc3ccccc32)n1. The molecule has 0 spiro atoms. The van der Waals surface area contributed by atoms with Crippen LogP contribution in [0.3, 0.4) is 0 Å². The molecule has 2 aliphatic carbocycles. The fourth-order valence-corrected chi connectivity index (χ4v) is 3.77. The van der Waals surface area contributed by atoms with E-state index in [0.29, 0.717) is 11.9 Å². The summed E-state index contributed by atoms with van der Waals surface area (Å²) in [5.41, 5.74) is 8.73. The van der Waals surface area contributed by atoms with E-state index in [1.54, 1.807) is 0 Å². The number of nitrogens with zero attached hydrogens (tertiary/aromatic N) is 3. The Balaban J connectivity index is 1.72. The minimum atomic E-state index is 0.284. The van der Waals surface area contributed by atoms with Crippen molar-refractivity contribution < 1.29 is 0 Å². The Morgan fingerprint density at radius 2 is 1.67 bits per heavy atom. The first-order chi connectivity index (χ1) is 10.3. The molecule has 1 saturated carbocycles. The predicted octanol–water partition coefficient (Wildman–Crippen LogP) is 3.19. The van der Waals surface area contributed by atoms with Gasteiger partial charge in [-0.3, -0.25) is 0 Å². The van der Waals surface area contributed by atoms with Crippen molar-refractivity contribution in [2.75, 3.05) is 5.73 Å². The van der Waals surface area contributed by atoms with Crippen molar-refractivity contribution in [1.29, 1.82) is 0 Å². The Morgan fingerprint density at radius 1 is 0.905 bits per heavy atom. The van der Waals surface area contributed by atoms with Gasteiger partial charge in [-0.25, -0.2) is 4.98 Å². The molecule has 108 valence electrons. The van der Waals surface area contributed by atoms with Crippen LogP contribution < -0.4 is 5.73 Å². The lowest BCUT2D eigenvalue weighted by atomic mass is 10.0. The molecule has 0 aliphatic heterocycles. The molecule has 2 N–H and O–H groups in total. The number of rotatable bonds is 2. The van der Waals surface area contributed by atoms with Gasteiger partial charge in [0.15, 0.2) is 0 Å². The first-order valence-electron chi connectivity index (χ1n) is 7.90. The molecule has 4 heteroatoms. The zero-order valence-corrected chi connectivity index (χ0v) is 12.1. The van der Waals surface area contributed by atoms with Crippen LogP contribution in [0.2, 0.25) is 0 Å². The second kappa shape index (κ2) is 5.10. The molecule has 0 radical (unpaired) electrons. The monoisotopic (exact) mass is 280 g/mol. The van der Waals surface area contributed by atoms with Gasteiger partial charge in [0, 0.05) is 11.8 Å². The number of anilines is 1. The van der Waals surface area contributed by atoms with Gasteiger partial charge in [0.05, 0.1) is 0 Å². The van der Waals surface area contributed by atoms with Crippen LogP contribution in [0.5, 0.6) is 0 Å². The van der Waals surface area contributed by atoms with E-state index >= 15 is 0 Å². The molecule has 2 aliphatic rings. The summed E-state index contributed by atoms with van der Waals surface area (Å²) < 4.78 is 0. The summed E-state index contributed by atoms with van der Waals surface area (Å²) in [6, 6.07) is 8.60. The van der Waals surface area contributed by atoms with E-state index in [1.165, 1.54) is 36.8 Å². The molecule has 1 fully saturated rings. The summed E-state index contributed by atoms with van der Waals surface area (Å²) >= 11 is 0. The maximum absolute atomic E-state index is 5.95. The van der Waals surface area contributed by atoms with Gasteiger partial charge in [-0.2, -0.15) is 9.97 Å². The van der Waals surface area contributed by atoms with Gasteiger partial charge in [0.1, 0.15) is 11.6 Å². The number of aromatic nitrogens is 3. The van der Waals surface area contributed by atoms with Crippen molar-refractivity contribution >= 4 is 5.95 Å². The lowest BCUT2D eigenvalue weighted by molar-refractivity contribution is 0.634. The molecule has 1 heterocycles. The maximum atomic E-state index is 5.95. The summed E-state index contributed by atoms with van der Waals surface area (Å²) in [4.78, 5) is 13.6. The van der Waals surface area contributed by atoms with Crippen molar-refractivity contribution in [2.24, 2.45) is 0 Å². The lowest BCUT2D eigenvalue weighted by Crippen LogP contribution is -2.12. The van der Waals surface area contributed by atoms with E-state index in [2.05, 4.69) is 34.2 Å². The van der Waals surface area contributed by atoms with Crippen LogP contribution >= 0.6 is 0 Å². The molecule has 4 nitrogen and oxygen atoms in total. The third kappa shape index (κ3) is 2.28. The third-order valence-electron chi connectivity index (χ3n) is 4.85. The first-order valence-corrected chi connectivity index (χ1v) is 7.90. The standard InChI is InChI=1S/C17H20N4/c18-17-20-15(12-6-1-2-7-12)19-16(21-17)14-10-9-11-5-3-4-8-13(11)14/h3-5,8,12,14H,1-2,6-7,9-10H2,(H2,18,19,20,21). The van der Waals surface area contributed by atoms with Gasteiger partial charge >= 0.3 is 0 Å². The highest BCUT2D eigenvalue weighted by Gasteiger charge is 2.28. The molecule has 1 aromatic carbocycles.